The minimum Gasteiger partial charge on any atom is -0.466 e. The Kier molecular flexibility index (Phi) is 9.66. The SMILES string of the molecule is COC(=O)CO/N=C(/C(=O)Cl)c1csc(NC(=O)CCl)n1.Cl. The van der Waals surface area contributed by atoms with Gasteiger partial charge in [-0.2, -0.15) is 0 Å². The Balaban J connectivity index is 0.00000441. The zero-order chi connectivity index (χ0) is 15.8. The molecule has 1 amide bonds. The summed E-state index contributed by atoms with van der Waals surface area (Å²) in [6.07, 6.45) is 0. The number of nitrogens with one attached hydrogen (secondary N) is 1. The molecule has 1 heterocycles. The van der Waals surface area contributed by atoms with Crippen molar-refractivity contribution in [3.8, 4) is 0 Å². The van der Waals surface area contributed by atoms with Crippen LogP contribution in [0.15, 0.2) is 10.5 Å². The summed E-state index contributed by atoms with van der Waals surface area (Å²) in [5, 5.41) is 6.56. The summed E-state index contributed by atoms with van der Waals surface area (Å²) >= 11 is 11.7. The van der Waals surface area contributed by atoms with E-state index in [1.54, 1.807) is 0 Å². The highest BCUT2D eigenvalue weighted by Gasteiger charge is 2.17. The monoisotopic (exact) mass is 389 g/mol. The second kappa shape index (κ2) is 10.3. The maximum atomic E-state index is 11.3. The van der Waals surface area contributed by atoms with Gasteiger partial charge in [0.1, 0.15) is 11.6 Å². The Hall–Kier alpha value is -1.42. The van der Waals surface area contributed by atoms with Crippen LogP contribution in [0.3, 0.4) is 0 Å². The van der Waals surface area contributed by atoms with Crippen LogP contribution in [0.2, 0.25) is 0 Å². The van der Waals surface area contributed by atoms with E-state index in [-0.39, 0.29) is 34.8 Å². The van der Waals surface area contributed by atoms with Gasteiger partial charge < -0.3 is 14.9 Å². The van der Waals surface area contributed by atoms with Crippen molar-refractivity contribution in [3.63, 3.8) is 0 Å². The van der Waals surface area contributed by atoms with Crippen molar-refractivity contribution in [1.82, 2.24) is 4.98 Å². The van der Waals surface area contributed by atoms with Crippen LogP contribution in [0.25, 0.3) is 0 Å². The molecule has 0 atom stereocenters. The fraction of sp³-hybridized carbons (Fsp3) is 0.300. The zero-order valence-corrected chi connectivity index (χ0v) is 14.1. The van der Waals surface area contributed by atoms with Crippen molar-refractivity contribution in [2.45, 2.75) is 0 Å². The molecule has 1 rings (SSSR count). The lowest BCUT2D eigenvalue weighted by atomic mass is 10.3. The number of oxime groups is 1. The van der Waals surface area contributed by atoms with E-state index in [0.29, 0.717) is 0 Å². The number of methoxy groups -OCH3 is 1. The predicted molar refractivity (Wildman–Crippen MR) is 84.1 cm³/mol. The molecule has 8 nitrogen and oxygen atoms in total. The highest BCUT2D eigenvalue weighted by atomic mass is 35.5. The topological polar surface area (TPSA) is 107 Å². The molecule has 1 aromatic heterocycles. The van der Waals surface area contributed by atoms with Crippen LogP contribution >= 0.6 is 46.9 Å². The van der Waals surface area contributed by atoms with E-state index in [1.165, 1.54) is 12.5 Å². The number of nitrogens with zero attached hydrogens (tertiary/aromatic N) is 2. The number of aromatic nitrogens is 1. The maximum absolute atomic E-state index is 11.3. The summed E-state index contributed by atoms with van der Waals surface area (Å²) in [6, 6.07) is 0. The predicted octanol–water partition coefficient (Wildman–Crippen LogP) is 1.40. The van der Waals surface area contributed by atoms with Gasteiger partial charge in [-0.25, -0.2) is 9.78 Å². The third-order valence-electron chi connectivity index (χ3n) is 1.87. The van der Waals surface area contributed by atoms with Crippen molar-refractivity contribution in [2.24, 2.45) is 5.16 Å². The molecule has 0 unspecified atom stereocenters. The van der Waals surface area contributed by atoms with Gasteiger partial charge in [-0.05, 0) is 11.6 Å². The van der Waals surface area contributed by atoms with Gasteiger partial charge in [-0.15, -0.1) is 35.3 Å². The number of thiazole rings is 1. The first-order valence-electron chi connectivity index (χ1n) is 5.26. The Morgan fingerprint density at radius 3 is 2.68 bits per heavy atom. The van der Waals surface area contributed by atoms with Gasteiger partial charge in [-0.3, -0.25) is 9.59 Å². The third kappa shape index (κ3) is 6.56. The lowest BCUT2D eigenvalue weighted by Gasteiger charge is -2.00. The number of anilines is 1. The normalized spacial score (nSPS) is 10.4. The Morgan fingerprint density at radius 2 is 2.14 bits per heavy atom. The van der Waals surface area contributed by atoms with E-state index in [0.717, 1.165) is 11.3 Å². The molecule has 0 radical (unpaired) electrons. The summed E-state index contributed by atoms with van der Waals surface area (Å²) in [6.45, 7) is -0.482. The van der Waals surface area contributed by atoms with Crippen molar-refractivity contribution in [1.29, 1.82) is 0 Å². The molecule has 0 aromatic carbocycles. The molecule has 0 saturated heterocycles. The molecule has 22 heavy (non-hydrogen) atoms. The molecule has 122 valence electrons. The third-order valence-corrected chi connectivity index (χ3v) is 3.05. The lowest BCUT2D eigenvalue weighted by molar-refractivity contribution is -0.145. The Labute approximate surface area is 145 Å². The maximum Gasteiger partial charge on any atom is 0.346 e. The molecule has 0 aliphatic heterocycles. The first kappa shape index (κ1) is 20.6. The standard InChI is InChI=1S/C10H9Cl2N3O5S.ClH/c1-19-7(17)3-20-15-8(9(12)18)5-4-21-10(13-5)14-6(16)2-11;/h4H,2-3H2,1H3,(H,13,14,16);1H/b15-8+;. The van der Waals surface area contributed by atoms with Crippen LogP contribution < -0.4 is 5.32 Å². The minimum absolute atomic E-state index is 0. The van der Waals surface area contributed by atoms with E-state index in [9.17, 15) is 14.4 Å². The smallest absolute Gasteiger partial charge is 0.346 e. The average Bonchev–Trinajstić information content (AvgIpc) is 2.90. The number of amides is 1. The van der Waals surface area contributed by atoms with Gasteiger partial charge in [0.2, 0.25) is 12.5 Å². The summed E-state index contributed by atoms with van der Waals surface area (Å²) in [5.41, 5.74) is -0.210. The van der Waals surface area contributed by atoms with Crippen LogP contribution in [-0.2, 0) is 24.0 Å². The number of esters is 1. The molecule has 0 spiro atoms. The Morgan fingerprint density at radius 1 is 1.45 bits per heavy atom. The summed E-state index contributed by atoms with van der Waals surface area (Å²) in [5.74, 6) is -1.35. The number of halogens is 3. The molecule has 1 N–H and O–H groups in total. The summed E-state index contributed by atoms with van der Waals surface area (Å²) < 4.78 is 4.33. The number of rotatable bonds is 7. The first-order valence-corrected chi connectivity index (χ1v) is 7.05. The Bertz CT molecular complexity index is 578. The molecular formula is C10H10Cl3N3O5S. The number of carbonyl (C=O) groups excluding carboxylic acids is 3. The first-order chi connectivity index (χ1) is 9.97. The molecule has 0 aliphatic rings. The van der Waals surface area contributed by atoms with E-state index in [4.69, 9.17) is 23.2 Å². The van der Waals surface area contributed by atoms with Crippen molar-refractivity contribution in [3.05, 3.63) is 11.1 Å². The molecular weight excluding hydrogens is 381 g/mol. The van der Waals surface area contributed by atoms with E-state index < -0.39 is 23.7 Å². The number of hydrogen-bond donors (Lipinski definition) is 1. The quantitative estimate of drug-likeness (QED) is 0.248. The van der Waals surface area contributed by atoms with Crippen LogP contribution in [0.5, 0.6) is 0 Å². The van der Waals surface area contributed by atoms with Gasteiger partial charge in [0, 0.05) is 5.38 Å². The highest BCUT2D eigenvalue weighted by Crippen LogP contribution is 2.17. The van der Waals surface area contributed by atoms with E-state index in [2.05, 4.69) is 25.0 Å². The number of hydrogen-bond acceptors (Lipinski definition) is 8. The molecule has 0 saturated carbocycles. The molecule has 0 fully saturated rings. The van der Waals surface area contributed by atoms with Gasteiger partial charge in [0.15, 0.2) is 10.8 Å². The number of alkyl halides is 1. The average molecular weight is 391 g/mol. The molecule has 0 bridgehead atoms. The summed E-state index contributed by atoms with van der Waals surface area (Å²) in [7, 11) is 1.18. The molecule has 1 aromatic rings. The minimum atomic E-state index is -0.930. The van der Waals surface area contributed by atoms with Gasteiger partial charge in [0.25, 0.3) is 5.24 Å². The second-order valence-electron chi connectivity index (χ2n) is 3.28. The summed E-state index contributed by atoms with van der Waals surface area (Å²) in [4.78, 5) is 41.8. The van der Waals surface area contributed by atoms with Crippen molar-refractivity contribution in [2.75, 3.05) is 24.9 Å². The van der Waals surface area contributed by atoms with Gasteiger partial charge >= 0.3 is 5.97 Å². The fourth-order valence-electron chi connectivity index (χ4n) is 0.984. The van der Waals surface area contributed by atoms with Gasteiger partial charge in [0.05, 0.1) is 7.11 Å². The van der Waals surface area contributed by atoms with Crippen LogP contribution in [0.4, 0.5) is 5.13 Å². The second-order valence-corrected chi connectivity index (χ2v) is 4.75. The number of carbonyl (C=O) groups is 3. The van der Waals surface area contributed by atoms with Crippen LogP contribution in [0.1, 0.15) is 5.69 Å². The largest absolute Gasteiger partial charge is 0.466 e. The van der Waals surface area contributed by atoms with Crippen LogP contribution in [-0.4, -0.2) is 47.4 Å². The number of ether oxygens (including phenoxy) is 1. The molecule has 0 aliphatic carbocycles. The van der Waals surface area contributed by atoms with E-state index >= 15 is 0 Å². The zero-order valence-electron chi connectivity index (χ0n) is 11.0. The fourth-order valence-corrected chi connectivity index (χ4v) is 1.89. The molecule has 12 heteroatoms. The van der Waals surface area contributed by atoms with E-state index in [1.807, 2.05) is 0 Å². The highest BCUT2D eigenvalue weighted by molar-refractivity contribution is 7.14. The van der Waals surface area contributed by atoms with Crippen molar-refractivity contribution >= 4 is 74.9 Å². The van der Waals surface area contributed by atoms with Gasteiger partial charge in [-0.1, -0.05) is 5.16 Å². The van der Waals surface area contributed by atoms with Crippen molar-refractivity contribution < 1.29 is 24.0 Å². The van der Waals surface area contributed by atoms with Crippen LogP contribution in [0, 0.1) is 0 Å². The lowest BCUT2D eigenvalue weighted by Crippen LogP contribution is -2.15.